The van der Waals surface area contributed by atoms with Gasteiger partial charge in [0.25, 0.3) is 0 Å². The van der Waals surface area contributed by atoms with Crippen molar-refractivity contribution in [2.24, 2.45) is 17.3 Å². The Labute approximate surface area is 172 Å². The number of aryl methyl sites for hydroxylation is 1. The summed E-state index contributed by atoms with van der Waals surface area (Å²) in [5.74, 6) is 1.88. The zero-order chi connectivity index (χ0) is 20.2. The van der Waals surface area contributed by atoms with Crippen LogP contribution in [-0.2, 0) is 15.9 Å². The van der Waals surface area contributed by atoms with Crippen LogP contribution in [-0.4, -0.2) is 42.4 Å². The molecular formula is C24H32O5. The van der Waals surface area contributed by atoms with Crippen molar-refractivity contribution in [1.82, 2.24) is 0 Å². The third kappa shape index (κ3) is 3.09. The lowest BCUT2D eigenvalue weighted by Crippen LogP contribution is -2.57. The minimum atomic E-state index is -0.760. The summed E-state index contributed by atoms with van der Waals surface area (Å²) in [6, 6.07) is 6.59. The number of rotatable bonds is 2. The van der Waals surface area contributed by atoms with Crippen molar-refractivity contribution in [3.05, 3.63) is 41.2 Å². The average Bonchev–Trinajstić information content (AvgIpc) is 2.74. The van der Waals surface area contributed by atoms with Gasteiger partial charge in [0.15, 0.2) is 0 Å². The fraction of sp³-hybridized carbons (Fsp3) is 0.667. The molecule has 5 rings (SSSR count). The van der Waals surface area contributed by atoms with Crippen molar-refractivity contribution < 1.29 is 24.4 Å². The summed E-state index contributed by atoms with van der Waals surface area (Å²) in [7, 11) is 1.73. The van der Waals surface area contributed by atoms with E-state index in [1.165, 1.54) is 30.2 Å². The molecule has 2 fully saturated rings. The summed E-state index contributed by atoms with van der Waals surface area (Å²) in [6.45, 7) is 2.87. The molecule has 2 aliphatic carbocycles. The van der Waals surface area contributed by atoms with E-state index in [0.717, 1.165) is 25.0 Å². The van der Waals surface area contributed by atoms with Gasteiger partial charge in [-0.1, -0.05) is 13.0 Å². The van der Waals surface area contributed by atoms with Gasteiger partial charge in [0.05, 0.1) is 32.7 Å². The quantitative estimate of drug-likeness (QED) is 0.795. The van der Waals surface area contributed by atoms with Crippen molar-refractivity contribution in [2.45, 2.75) is 63.3 Å². The van der Waals surface area contributed by atoms with E-state index in [2.05, 4.69) is 25.1 Å². The Morgan fingerprint density at radius 2 is 2.10 bits per heavy atom. The number of methoxy groups -OCH3 is 1. The van der Waals surface area contributed by atoms with Gasteiger partial charge in [-0.05, 0) is 72.1 Å². The van der Waals surface area contributed by atoms with Gasteiger partial charge in [-0.2, -0.15) is 0 Å². The molecule has 0 amide bonds. The molecule has 158 valence electrons. The number of benzene rings is 1. The van der Waals surface area contributed by atoms with E-state index in [9.17, 15) is 10.2 Å². The molecule has 5 heteroatoms. The van der Waals surface area contributed by atoms with Crippen LogP contribution < -0.4 is 4.74 Å². The van der Waals surface area contributed by atoms with Gasteiger partial charge in [-0.25, -0.2) is 0 Å². The Bertz CT molecular complexity index is 819. The SMILES string of the molecule is COc1ccc2c(c1)CC[C@@H]1[C@@H]2CC[C@]2(C)CO[C@@]3(C[C@@H](O)C(CO)=CO3)C[C@@H]12. The predicted octanol–water partition coefficient (Wildman–Crippen LogP) is 3.53. The molecule has 2 aliphatic heterocycles. The monoisotopic (exact) mass is 400 g/mol. The number of hydrogen-bond donors (Lipinski definition) is 2. The lowest BCUT2D eigenvalue weighted by Gasteiger charge is -2.58. The normalized spacial score (nSPS) is 40.9. The summed E-state index contributed by atoms with van der Waals surface area (Å²) in [4.78, 5) is 0. The van der Waals surface area contributed by atoms with Crippen LogP contribution in [0.3, 0.4) is 0 Å². The molecule has 1 aromatic rings. The van der Waals surface area contributed by atoms with Gasteiger partial charge < -0.3 is 24.4 Å². The first-order valence-electron chi connectivity index (χ1n) is 10.9. The zero-order valence-electron chi connectivity index (χ0n) is 17.4. The number of aliphatic hydroxyl groups excluding tert-OH is 2. The average molecular weight is 401 g/mol. The first-order chi connectivity index (χ1) is 14.0. The molecule has 2 N–H and O–H groups in total. The fourth-order valence-electron chi connectivity index (χ4n) is 6.45. The molecule has 6 atom stereocenters. The highest BCUT2D eigenvalue weighted by Crippen LogP contribution is 2.60. The van der Waals surface area contributed by atoms with Gasteiger partial charge >= 0.3 is 0 Å². The number of ether oxygens (including phenoxy) is 3. The Morgan fingerprint density at radius 1 is 1.24 bits per heavy atom. The third-order valence-electron chi connectivity index (χ3n) is 8.19. The van der Waals surface area contributed by atoms with Crippen molar-refractivity contribution in [1.29, 1.82) is 0 Å². The molecule has 0 aromatic heterocycles. The van der Waals surface area contributed by atoms with Gasteiger partial charge in [0.2, 0.25) is 5.79 Å². The second-order valence-corrected chi connectivity index (χ2v) is 9.77. The van der Waals surface area contributed by atoms with Crippen molar-refractivity contribution in [3.63, 3.8) is 0 Å². The lowest BCUT2D eigenvalue weighted by molar-refractivity contribution is -0.296. The van der Waals surface area contributed by atoms with Gasteiger partial charge in [-0.3, -0.25) is 0 Å². The largest absolute Gasteiger partial charge is 0.497 e. The van der Waals surface area contributed by atoms with E-state index < -0.39 is 11.9 Å². The Balaban J connectivity index is 1.43. The smallest absolute Gasteiger partial charge is 0.212 e. The predicted molar refractivity (Wildman–Crippen MR) is 109 cm³/mol. The third-order valence-corrected chi connectivity index (χ3v) is 8.19. The Hall–Kier alpha value is -1.56. The fourth-order valence-corrected chi connectivity index (χ4v) is 6.45. The standard InChI is InChI=1S/C24H32O5/c1-23-8-7-19-18-6-4-17(27-2)9-15(18)3-5-20(19)21(23)10-24(29-14-23)11-22(26)16(12-25)13-28-24/h4,6,9,13,19-22,25-26H,3,5,7-8,10-12,14H2,1-2H3/t19-,20-,21+,22-,23-,24-/m1/s1. The van der Waals surface area contributed by atoms with Gasteiger partial charge in [-0.15, -0.1) is 0 Å². The Kier molecular flexibility index (Phi) is 4.68. The molecule has 1 spiro atoms. The van der Waals surface area contributed by atoms with Crippen LogP contribution in [0.2, 0.25) is 0 Å². The summed E-state index contributed by atoms with van der Waals surface area (Å²) >= 11 is 0. The molecule has 0 bridgehead atoms. The number of hydrogen-bond acceptors (Lipinski definition) is 5. The molecule has 0 unspecified atom stereocenters. The second kappa shape index (κ2) is 7.00. The molecule has 5 nitrogen and oxygen atoms in total. The van der Waals surface area contributed by atoms with E-state index in [4.69, 9.17) is 14.2 Å². The molecule has 4 aliphatic rings. The highest BCUT2D eigenvalue weighted by molar-refractivity contribution is 5.40. The highest BCUT2D eigenvalue weighted by atomic mass is 16.7. The zero-order valence-corrected chi connectivity index (χ0v) is 17.4. The lowest BCUT2D eigenvalue weighted by atomic mass is 9.52. The maximum Gasteiger partial charge on any atom is 0.212 e. The van der Waals surface area contributed by atoms with E-state index in [1.54, 1.807) is 7.11 Å². The van der Waals surface area contributed by atoms with Crippen LogP contribution in [0.1, 0.15) is 56.1 Å². The van der Waals surface area contributed by atoms with Crippen LogP contribution in [0.4, 0.5) is 0 Å². The first kappa shape index (κ1) is 19.4. The maximum atomic E-state index is 10.5. The van der Waals surface area contributed by atoms with E-state index in [-0.39, 0.29) is 12.0 Å². The van der Waals surface area contributed by atoms with Gasteiger partial charge in [0.1, 0.15) is 5.75 Å². The highest BCUT2D eigenvalue weighted by Gasteiger charge is 2.56. The second-order valence-electron chi connectivity index (χ2n) is 9.77. The minimum Gasteiger partial charge on any atom is -0.497 e. The summed E-state index contributed by atoms with van der Waals surface area (Å²) in [5.41, 5.74) is 3.63. The molecule has 2 heterocycles. The van der Waals surface area contributed by atoms with Crippen molar-refractivity contribution in [2.75, 3.05) is 20.3 Å². The van der Waals surface area contributed by atoms with Crippen LogP contribution >= 0.6 is 0 Å². The minimum absolute atomic E-state index is 0.158. The first-order valence-corrected chi connectivity index (χ1v) is 10.9. The van der Waals surface area contributed by atoms with Crippen LogP contribution in [0.15, 0.2) is 30.0 Å². The van der Waals surface area contributed by atoms with Crippen molar-refractivity contribution >= 4 is 0 Å². The molecular weight excluding hydrogens is 368 g/mol. The summed E-state index contributed by atoms with van der Waals surface area (Å²) < 4.78 is 17.8. The van der Waals surface area contributed by atoms with Crippen LogP contribution in [0, 0.1) is 17.3 Å². The maximum absolute atomic E-state index is 10.5. The van der Waals surface area contributed by atoms with Crippen LogP contribution in [0.25, 0.3) is 0 Å². The molecule has 1 saturated heterocycles. The molecule has 1 aromatic carbocycles. The topological polar surface area (TPSA) is 68.2 Å². The van der Waals surface area contributed by atoms with E-state index in [1.807, 2.05) is 0 Å². The number of aliphatic hydroxyl groups is 2. The number of fused-ring (bicyclic) bond motifs is 5. The summed E-state index contributed by atoms with van der Waals surface area (Å²) in [6.07, 6.45) is 6.66. The van der Waals surface area contributed by atoms with Crippen molar-refractivity contribution in [3.8, 4) is 5.75 Å². The summed E-state index contributed by atoms with van der Waals surface area (Å²) in [5, 5.41) is 19.9. The van der Waals surface area contributed by atoms with Crippen LogP contribution in [0.5, 0.6) is 5.75 Å². The molecule has 1 saturated carbocycles. The Morgan fingerprint density at radius 3 is 2.86 bits per heavy atom. The van der Waals surface area contributed by atoms with E-state index >= 15 is 0 Å². The van der Waals surface area contributed by atoms with E-state index in [0.29, 0.717) is 36.4 Å². The molecule has 0 radical (unpaired) electrons. The molecule has 29 heavy (non-hydrogen) atoms. The van der Waals surface area contributed by atoms with Gasteiger partial charge in [0, 0.05) is 18.4 Å².